The summed E-state index contributed by atoms with van der Waals surface area (Å²) < 4.78 is 2.58. The molecule has 1 heterocycles. The Balaban J connectivity index is 2.05. The maximum Gasteiger partial charge on any atom is 0.0494 e. The summed E-state index contributed by atoms with van der Waals surface area (Å²) >= 11 is 5.56. The molecule has 2 heteroatoms. The molecule has 0 spiro atoms. The second-order valence-corrected chi connectivity index (χ2v) is 6.64. The Morgan fingerprint density at radius 1 is 1.06 bits per heavy atom. The first-order valence-corrected chi connectivity index (χ1v) is 7.69. The van der Waals surface area contributed by atoms with Gasteiger partial charge in [-0.1, -0.05) is 42.5 Å². The van der Waals surface area contributed by atoms with Gasteiger partial charge in [0.15, 0.2) is 0 Å². The number of fused-ring (bicyclic) bond motifs is 5. The largest absolute Gasteiger partial charge is 0.134 e. The molecule has 0 saturated heterocycles. The van der Waals surface area contributed by atoms with Gasteiger partial charge >= 0.3 is 0 Å². The van der Waals surface area contributed by atoms with Gasteiger partial charge in [-0.15, -0.1) is 11.3 Å². The van der Waals surface area contributed by atoms with Crippen LogP contribution in [-0.2, 0) is 0 Å². The van der Waals surface area contributed by atoms with Crippen LogP contribution in [0.15, 0.2) is 53.1 Å². The lowest BCUT2D eigenvalue weighted by Gasteiger charge is -2.25. The van der Waals surface area contributed by atoms with Crippen LogP contribution in [0.1, 0.15) is 16.4 Å². The number of halogens is 1. The van der Waals surface area contributed by atoms with Gasteiger partial charge in [0.2, 0.25) is 0 Å². The molecule has 0 aliphatic heterocycles. The average Bonchev–Trinajstić information content (AvgIpc) is 2.79. The Hall–Kier alpha value is -1.12. The van der Waals surface area contributed by atoms with E-state index in [1.165, 1.54) is 25.0 Å². The number of benzene rings is 1. The number of rotatable bonds is 0. The first-order valence-electron chi connectivity index (χ1n) is 6.09. The van der Waals surface area contributed by atoms with Crippen molar-refractivity contribution in [3.8, 4) is 0 Å². The molecule has 2 aromatic rings. The fourth-order valence-corrected chi connectivity index (χ4v) is 4.67. The lowest BCUT2D eigenvalue weighted by atomic mass is 9.79. The topological polar surface area (TPSA) is 0 Å². The standard InChI is InChI=1S/C16H11BrS/c17-13-7-3-6-12-15-11-5-2-1-4-10(11)8-9-14(15)18-16(12)13/h1-11H. The molecule has 0 N–H and O–H groups in total. The Labute approximate surface area is 118 Å². The van der Waals surface area contributed by atoms with Gasteiger partial charge in [0.05, 0.1) is 0 Å². The van der Waals surface area contributed by atoms with Crippen LogP contribution in [0.2, 0.25) is 0 Å². The molecule has 1 aromatic heterocycles. The van der Waals surface area contributed by atoms with Crippen LogP contribution in [0, 0.1) is 5.92 Å². The Morgan fingerprint density at radius 3 is 2.89 bits per heavy atom. The van der Waals surface area contributed by atoms with E-state index in [1.54, 1.807) is 0 Å². The summed E-state index contributed by atoms with van der Waals surface area (Å²) in [5.74, 6) is 1.04. The monoisotopic (exact) mass is 314 g/mol. The molecule has 0 nitrogen and oxygen atoms in total. The van der Waals surface area contributed by atoms with E-state index < -0.39 is 0 Å². The number of hydrogen-bond donors (Lipinski definition) is 0. The zero-order valence-corrected chi connectivity index (χ0v) is 12.0. The van der Waals surface area contributed by atoms with E-state index >= 15 is 0 Å². The van der Waals surface area contributed by atoms with Crippen LogP contribution < -0.4 is 0 Å². The van der Waals surface area contributed by atoms with Crippen molar-refractivity contribution in [1.29, 1.82) is 0 Å². The maximum atomic E-state index is 3.67. The number of allylic oxidation sites excluding steroid dienone is 5. The normalized spacial score (nSPS) is 24.3. The molecular formula is C16H11BrS. The van der Waals surface area contributed by atoms with Crippen LogP contribution in [0.5, 0.6) is 0 Å². The van der Waals surface area contributed by atoms with Crippen molar-refractivity contribution in [3.63, 3.8) is 0 Å². The summed E-state index contributed by atoms with van der Waals surface area (Å²) in [6, 6.07) is 6.51. The Kier molecular flexibility index (Phi) is 2.36. The Bertz CT molecular complexity index is 718. The van der Waals surface area contributed by atoms with Gasteiger partial charge in [0.25, 0.3) is 0 Å². The summed E-state index contributed by atoms with van der Waals surface area (Å²) in [5.41, 5.74) is 1.50. The highest BCUT2D eigenvalue weighted by molar-refractivity contribution is 9.10. The Morgan fingerprint density at radius 2 is 1.94 bits per heavy atom. The van der Waals surface area contributed by atoms with Crippen molar-refractivity contribution in [1.82, 2.24) is 0 Å². The molecule has 0 radical (unpaired) electrons. The second-order valence-electron chi connectivity index (χ2n) is 4.73. The highest BCUT2D eigenvalue weighted by Gasteiger charge is 2.27. The lowest BCUT2D eigenvalue weighted by Crippen LogP contribution is -2.11. The zero-order chi connectivity index (χ0) is 12.1. The summed E-state index contributed by atoms with van der Waals surface area (Å²) in [5, 5.41) is 1.41. The average molecular weight is 315 g/mol. The van der Waals surface area contributed by atoms with Crippen LogP contribution >= 0.6 is 27.3 Å². The molecule has 0 amide bonds. The SMILES string of the molecule is Brc1cccc2c3c(sc12)C=CC1C=CC=CC31. The first kappa shape index (κ1) is 10.8. The van der Waals surface area contributed by atoms with E-state index in [9.17, 15) is 0 Å². The molecule has 1 aromatic carbocycles. The van der Waals surface area contributed by atoms with E-state index in [0.29, 0.717) is 11.8 Å². The summed E-state index contributed by atoms with van der Waals surface area (Å²) in [4.78, 5) is 1.41. The molecule has 0 saturated carbocycles. The van der Waals surface area contributed by atoms with Gasteiger partial charge in [-0.3, -0.25) is 0 Å². The van der Waals surface area contributed by atoms with Crippen molar-refractivity contribution < 1.29 is 0 Å². The molecule has 18 heavy (non-hydrogen) atoms. The predicted octanol–water partition coefficient (Wildman–Crippen LogP) is 5.52. The van der Waals surface area contributed by atoms with Crippen LogP contribution in [0.3, 0.4) is 0 Å². The summed E-state index contributed by atoms with van der Waals surface area (Å²) in [6.45, 7) is 0. The van der Waals surface area contributed by atoms with Gasteiger partial charge in [-0.05, 0) is 39.0 Å². The van der Waals surface area contributed by atoms with Gasteiger partial charge in [0, 0.05) is 25.9 Å². The van der Waals surface area contributed by atoms with E-state index in [1.807, 2.05) is 11.3 Å². The van der Waals surface area contributed by atoms with Crippen LogP contribution in [-0.4, -0.2) is 0 Å². The van der Waals surface area contributed by atoms with Crippen molar-refractivity contribution >= 4 is 43.4 Å². The molecule has 4 rings (SSSR count). The second kappa shape index (κ2) is 3.94. The molecule has 88 valence electrons. The van der Waals surface area contributed by atoms with Gasteiger partial charge in [0.1, 0.15) is 0 Å². The molecule has 0 fully saturated rings. The van der Waals surface area contributed by atoms with Crippen molar-refractivity contribution in [2.45, 2.75) is 5.92 Å². The fraction of sp³-hybridized carbons (Fsp3) is 0.125. The van der Waals surface area contributed by atoms with E-state index in [0.717, 1.165) is 0 Å². The van der Waals surface area contributed by atoms with Gasteiger partial charge in [-0.25, -0.2) is 0 Å². The van der Waals surface area contributed by atoms with Crippen molar-refractivity contribution in [2.24, 2.45) is 5.92 Å². The molecule has 2 aliphatic carbocycles. The molecule has 2 aliphatic rings. The zero-order valence-electron chi connectivity index (χ0n) is 9.64. The van der Waals surface area contributed by atoms with Crippen molar-refractivity contribution in [2.75, 3.05) is 0 Å². The third-order valence-electron chi connectivity index (χ3n) is 3.72. The third-order valence-corrected chi connectivity index (χ3v) is 5.86. The molecule has 0 bridgehead atoms. The van der Waals surface area contributed by atoms with Crippen molar-refractivity contribution in [3.05, 3.63) is 63.5 Å². The highest BCUT2D eigenvalue weighted by Crippen LogP contribution is 2.47. The molecule has 2 unspecified atom stereocenters. The number of thiophene rings is 1. The summed E-state index contributed by atoms with van der Waals surface area (Å²) in [6.07, 6.45) is 13.6. The van der Waals surface area contributed by atoms with E-state index in [2.05, 4.69) is 70.6 Å². The number of hydrogen-bond acceptors (Lipinski definition) is 1. The minimum Gasteiger partial charge on any atom is -0.134 e. The van der Waals surface area contributed by atoms with Gasteiger partial charge < -0.3 is 0 Å². The highest BCUT2D eigenvalue weighted by atomic mass is 79.9. The molecular weight excluding hydrogens is 304 g/mol. The third kappa shape index (κ3) is 1.42. The predicted molar refractivity (Wildman–Crippen MR) is 83.1 cm³/mol. The maximum absolute atomic E-state index is 3.67. The minimum atomic E-state index is 0.512. The molecule has 2 atom stereocenters. The smallest absolute Gasteiger partial charge is 0.0494 e. The van der Waals surface area contributed by atoms with E-state index in [4.69, 9.17) is 0 Å². The lowest BCUT2D eigenvalue weighted by molar-refractivity contribution is 0.700. The fourth-order valence-electron chi connectivity index (χ4n) is 2.89. The van der Waals surface area contributed by atoms with E-state index in [-0.39, 0.29) is 0 Å². The first-order chi connectivity index (χ1) is 8.84. The van der Waals surface area contributed by atoms with Crippen LogP contribution in [0.25, 0.3) is 16.2 Å². The minimum absolute atomic E-state index is 0.512. The summed E-state index contributed by atoms with van der Waals surface area (Å²) in [7, 11) is 0. The van der Waals surface area contributed by atoms with Gasteiger partial charge in [-0.2, -0.15) is 0 Å². The quantitative estimate of drug-likeness (QED) is 0.601. The van der Waals surface area contributed by atoms with Crippen LogP contribution in [0.4, 0.5) is 0 Å².